The number of hydrogen-bond donors (Lipinski definition) is 1. The molecule has 1 fully saturated rings. The van der Waals surface area contributed by atoms with E-state index < -0.39 is 22.0 Å². The number of carbonyl (C=O) groups excluding carboxylic acids is 1. The molecule has 0 aromatic carbocycles. The highest BCUT2D eigenvalue weighted by Gasteiger charge is 2.39. The van der Waals surface area contributed by atoms with E-state index >= 15 is 0 Å². The first-order valence-electron chi connectivity index (χ1n) is 5.37. The molecule has 1 aromatic heterocycles. The lowest BCUT2D eigenvalue weighted by Crippen LogP contribution is -2.52. The van der Waals surface area contributed by atoms with Crippen molar-refractivity contribution >= 4 is 16.0 Å². The van der Waals surface area contributed by atoms with Crippen LogP contribution in [0.3, 0.4) is 0 Å². The second kappa shape index (κ2) is 5.09. The second-order valence-corrected chi connectivity index (χ2v) is 5.67. The predicted molar refractivity (Wildman–Crippen MR) is 61.3 cm³/mol. The number of methoxy groups -OCH3 is 1. The van der Waals surface area contributed by atoms with Crippen LogP contribution in [0.2, 0.25) is 0 Å². The van der Waals surface area contributed by atoms with Gasteiger partial charge >= 0.3 is 5.97 Å². The summed E-state index contributed by atoms with van der Waals surface area (Å²) >= 11 is 0. The first kappa shape index (κ1) is 13.1. The van der Waals surface area contributed by atoms with Gasteiger partial charge in [-0.2, -0.15) is 4.31 Å². The lowest BCUT2D eigenvalue weighted by molar-refractivity contribution is -0.149. The average Bonchev–Trinajstić information content (AvgIpc) is 2.92. The van der Waals surface area contributed by atoms with Crippen LogP contribution < -0.4 is 0 Å². The van der Waals surface area contributed by atoms with Crippen molar-refractivity contribution in [3.05, 3.63) is 18.5 Å². The molecule has 0 radical (unpaired) electrons. The number of ether oxygens (including phenoxy) is 2. The van der Waals surface area contributed by atoms with E-state index in [1.165, 1.54) is 25.6 Å². The van der Waals surface area contributed by atoms with Crippen LogP contribution in [-0.4, -0.2) is 56.6 Å². The molecule has 0 bridgehead atoms. The van der Waals surface area contributed by atoms with Gasteiger partial charge in [-0.1, -0.05) is 0 Å². The highest BCUT2D eigenvalue weighted by Crippen LogP contribution is 2.20. The van der Waals surface area contributed by atoms with Crippen molar-refractivity contribution in [3.63, 3.8) is 0 Å². The van der Waals surface area contributed by atoms with E-state index in [9.17, 15) is 13.2 Å². The van der Waals surface area contributed by atoms with Gasteiger partial charge < -0.3 is 14.5 Å². The Morgan fingerprint density at radius 3 is 3.00 bits per heavy atom. The third-order valence-electron chi connectivity index (χ3n) is 2.73. The minimum atomic E-state index is -3.70. The fourth-order valence-electron chi connectivity index (χ4n) is 1.80. The highest BCUT2D eigenvalue weighted by atomic mass is 32.2. The summed E-state index contributed by atoms with van der Waals surface area (Å²) in [6.45, 7) is 0.404. The monoisotopic (exact) mass is 274 g/mol. The number of esters is 1. The molecule has 1 aromatic rings. The molecule has 0 amide bonds. The van der Waals surface area contributed by atoms with E-state index in [2.05, 4.69) is 9.72 Å². The molecule has 8 heteroatoms. The number of aromatic nitrogens is 1. The van der Waals surface area contributed by atoms with Crippen LogP contribution in [0, 0.1) is 0 Å². The van der Waals surface area contributed by atoms with Crippen molar-refractivity contribution in [3.8, 4) is 0 Å². The van der Waals surface area contributed by atoms with Crippen LogP contribution in [0.5, 0.6) is 0 Å². The Hall–Kier alpha value is -1.38. The van der Waals surface area contributed by atoms with Crippen LogP contribution in [-0.2, 0) is 24.3 Å². The third kappa shape index (κ3) is 2.26. The summed E-state index contributed by atoms with van der Waals surface area (Å²) < 4.78 is 35.5. The molecule has 1 saturated heterocycles. The van der Waals surface area contributed by atoms with Crippen LogP contribution in [0.1, 0.15) is 0 Å². The van der Waals surface area contributed by atoms with Crippen molar-refractivity contribution in [1.29, 1.82) is 0 Å². The Kier molecular flexibility index (Phi) is 3.69. The Balaban J connectivity index is 2.32. The zero-order chi connectivity index (χ0) is 13.2. The first-order chi connectivity index (χ1) is 8.57. The standard InChI is InChI=1S/C10H14N2O5S/c1-16-10(13)9-7-17-5-4-12(9)18(14,15)8-2-3-11-6-8/h2-3,6,9,11H,4-5,7H2,1H3. The topological polar surface area (TPSA) is 88.7 Å². The Morgan fingerprint density at radius 1 is 1.61 bits per heavy atom. The number of sulfonamides is 1. The molecule has 2 rings (SSSR count). The number of rotatable bonds is 3. The van der Waals surface area contributed by atoms with Gasteiger partial charge in [0.05, 0.1) is 25.2 Å². The lowest BCUT2D eigenvalue weighted by Gasteiger charge is -2.32. The van der Waals surface area contributed by atoms with E-state index in [0.29, 0.717) is 0 Å². The molecule has 1 aliphatic rings. The van der Waals surface area contributed by atoms with E-state index in [1.807, 2.05) is 0 Å². The molecule has 18 heavy (non-hydrogen) atoms. The van der Waals surface area contributed by atoms with Gasteiger partial charge in [0.25, 0.3) is 0 Å². The lowest BCUT2D eigenvalue weighted by atomic mass is 10.3. The Morgan fingerprint density at radius 2 is 2.39 bits per heavy atom. The molecule has 1 atom stereocenters. The van der Waals surface area contributed by atoms with Gasteiger partial charge in [0.15, 0.2) is 0 Å². The van der Waals surface area contributed by atoms with Crippen LogP contribution >= 0.6 is 0 Å². The molecular weight excluding hydrogens is 260 g/mol. The smallest absolute Gasteiger partial charge is 0.326 e. The van der Waals surface area contributed by atoms with Crippen LogP contribution in [0.15, 0.2) is 23.4 Å². The number of nitrogens with zero attached hydrogens (tertiary/aromatic N) is 1. The molecule has 100 valence electrons. The normalized spacial score (nSPS) is 21.7. The van der Waals surface area contributed by atoms with E-state index in [1.54, 1.807) is 0 Å². The van der Waals surface area contributed by atoms with Gasteiger partial charge in [-0.05, 0) is 6.07 Å². The van der Waals surface area contributed by atoms with Gasteiger partial charge in [0.2, 0.25) is 10.0 Å². The van der Waals surface area contributed by atoms with Gasteiger partial charge in [-0.15, -0.1) is 0 Å². The molecule has 1 unspecified atom stereocenters. The summed E-state index contributed by atoms with van der Waals surface area (Å²) in [5.74, 6) is -0.617. The molecule has 0 aliphatic carbocycles. The van der Waals surface area contributed by atoms with E-state index in [0.717, 1.165) is 4.31 Å². The van der Waals surface area contributed by atoms with Gasteiger partial charge in [-0.25, -0.2) is 8.42 Å². The zero-order valence-corrected chi connectivity index (χ0v) is 10.6. The number of aromatic amines is 1. The molecule has 0 saturated carbocycles. The minimum Gasteiger partial charge on any atom is -0.468 e. The molecule has 7 nitrogen and oxygen atoms in total. The van der Waals surface area contributed by atoms with Crippen LogP contribution in [0.4, 0.5) is 0 Å². The number of nitrogens with one attached hydrogen (secondary N) is 1. The number of H-pyrrole nitrogens is 1. The summed E-state index contributed by atoms with van der Waals surface area (Å²) in [5.41, 5.74) is 0. The second-order valence-electron chi connectivity index (χ2n) is 3.78. The van der Waals surface area contributed by atoms with Crippen molar-refractivity contribution in [2.45, 2.75) is 10.9 Å². The molecule has 0 spiro atoms. The van der Waals surface area contributed by atoms with Gasteiger partial charge in [0.1, 0.15) is 6.04 Å². The molecular formula is C10H14N2O5S. The van der Waals surface area contributed by atoms with Crippen molar-refractivity contribution in [2.24, 2.45) is 0 Å². The summed E-state index contributed by atoms with van der Waals surface area (Å²) in [4.78, 5) is 14.4. The molecule has 1 N–H and O–H groups in total. The predicted octanol–water partition coefficient (Wildman–Crippen LogP) is -0.423. The van der Waals surface area contributed by atoms with Crippen molar-refractivity contribution in [1.82, 2.24) is 9.29 Å². The summed E-state index contributed by atoms with van der Waals surface area (Å²) in [5, 5.41) is 0. The largest absolute Gasteiger partial charge is 0.468 e. The maximum Gasteiger partial charge on any atom is 0.326 e. The van der Waals surface area contributed by atoms with E-state index in [4.69, 9.17) is 4.74 Å². The average molecular weight is 274 g/mol. The summed E-state index contributed by atoms with van der Waals surface area (Å²) in [6, 6.07) is 0.516. The van der Waals surface area contributed by atoms with Gasteiger partial charge in [-0.3, -0.25) is 4.79 Å². The third-order valence-corrected chi connectivity index (χ3v) is 4.63. The number of morpholine rings is 1. The number of carbonyl (C=O) groups is 1. The highest BCUT2D eigenvalue weighted by molar-refractivity contribution is 7.89. The minimum absolute atomic E-state index is 0.0102. The molecule has 2 heterocycles. The first-order valence-corrected chi connectivity index (χ1v) is 6.81. The van der Waals surface area contributed by atoms with Crippen molar-refractivity contribution in [2.75, 3.05) is 26.9 Å². The maximum atomic E-state index is 12.3. The summed E-state index contributed by atoms with van der Waals surface area (Å²) in [7, 11) is -2.48. The SMILES string of the molecule is COC(=O)C1COCCN1S(=O)(=O)c1cc[nH]c1. The fourth-order valence-corrected chi connectivity index (χ4v) is 3.33. The van der Waals surface area contributed by atoms with Crippen molar-refractivity contribution < 1.29 is 22.7 Å². The molecule has 1 aliphatic heterocycles. The fraction of sp³-hybridized carbons (Fsp3) is 0.500. The quantitative estimate of drug-likeness (QED) is 0.756. The number of hydrogen-bond acceptors (Lipinski definition) is 5. The zero-order valence-electron chi connectivity index (χ0n) is 9.83. The Bertz CT molecular complexity index is 510. The summed E-state index contributed by atoms with van der Waals surface area (Å²) in [6.07, 6.45) is 2.89. The Labute approximate surface area is 105 Å². The van der Waals surface area contributed by atoms with Crippen LogP contribution in [0.25, 0.3) is 0 Å². The maximum absolute atomic E-state index is 12.3. The van der Waals surface area contributed by atoms with Gasteiger partial charge in [0, 0.05) is 18.9 Å². The van der Waals surface area contributed by atoms with E-state index in [-0.39, 0.29) is 24.7 Å².